The van der Waals surface area contributed by atoms with Gasteiger partial charge < -0.3 is 15.2 Å². The van der Waals surface area contributed by atoms with Crippen molar-refractivity contribution in [2.75, 3.05) is 20.0 Å². The summed E-state index contributed by atoms with van der Waals surface area (Å²) in [5, 5.41) is 0. The minimum absolute atomic E-state index is 0.621. The second kappa shape index (κ2) is 5.48. The molecule has 0 aliphatic carbocycles. The van der Waals surface area contributed by atoms with Crippen molar-refractivity contribution < 1.29 is 9.47 Å². The Morgan fingerprint density at radius 3 is 2.53 bits per heavy atom. The number of anilines is 1. The molecule has 2 N–H and O–H groups in total. The molecular weight excluding hydrogens is 308 g/mol. The van der Waals surface area contributed by atoms with Crippen molar-refractivity contribution in [2.24, 2.45) is 0 Å². The summed E-state index contributed by atoms with van der Waals surface area (Å²) >= 11 is 3.47. The summed E-state index contributed by atoms with van der Waals surface area (Å²) in [6.45, 7) is 1.95. The number of benzene rings is 1. The van der Waals surface area contributed by atoms with Gasteiger partial charge >= 0.3 is 0 Å². The number of nitrogen functional groups attached to an aromatic ring is 1. The number of ether oxygens (including phenoxy) is 2. The van der Waals surface area contributed by atoms with Crippen molar-refractivity contribution >= 4 is 21.6 Å². The first-order chi connectivity index (χ1) is 9.08. The normalized spacial score (nSPS) is 10.3. The molecule has 4 nitrogen and oxygen atoms in total. The predicted molar refractivity (Wildman–Crippen MR) is 79.6 cm³/mol. The number of nitrogens with two attached hydrogens (primary N) is 1. The van der Waals surface area contributed by atoms with Crippen molar-refractivity contribution in [3.8, 4) is 22.8 Å². The molecule has 0 aliphatic rings. The summed E-state index contributed by atoms with van der Waals surface area (Å²) in [4.78, 5) is 4.39. The predicted octanol–water partition coefficient (Wildman–Crippen LogP) is 3.42. The monoisotopic (exact) mass is 322 g/mol. The van der Waals surface area contributed by atoms with Crippen molar-refractivity contribution in [1.82, 2.24) is 4.98 Å². The summed E-state index contributed by atoms with van der Waals surface area (Å²) in [5.74, 6) is 1.36. The smallest absolute Gasteiger partial charge is 0.146 e. The summed E-state index contributed by atoms with van der Waals surface area (Å²) in [6, 6.07) is 5.62. The lowest BCUT2D eigenvalue weighted by Gasteiger charge is -2.14. The van der Waals surface area contributed by atoms with Gasteiger partial charge in [0.25, 0.3) is 0 Å². The Labute approximate surface area is 120 Å². The van der Waals surface area contributed by atoms with Crippen LogP contribution in [0, 0.1) is 6.92 Å². The van der Waals surface area contributed by atoms with E-state index in [1.54, 1.807) is 20.4 Å². The Morgan fingerprint density at radius 2 is 1.95 bits per heavy atom. The summed E-state index contributed by atoms with van der Waals surface area (Å²) in [7, 11) is 3.21. The molecule has 0 saturated heterocycles. The molecular formula is C14H15BrN2O2. The SMILES string of the molecule is COc1ccc(-c2ncc(C)cc2N)c(OC)c1Br. The topological polar surface area (TPSA) is 57.4 Å². The highest BCUT2D eigenvalue weighted by Crippen LogP contribution is 2.42. The minimum Gasteiger partial charge on any atom is -0.495 e. The van der Waals surface area contributed by atoms with Gasteiger partial charge in [-0.3, -0.25) is 4.98 Å². The number of rotatable bonds is 3. The Bertz CT molecular complexity index is 615. The first-order valence-corrected chi connectivity index (χ1v) is 6.50. The lowest BCUT2D eigenvalue weighted by molar-refractivity contribution is 0.390. The molecule has 1 aromatic carbocycles. The first-order valence-electron chi connectivity index (χ1n) is 5.71. The number of aryl methyl sites for hydroxylation is 1. The van der Waals surface area contributed by atoms with Gasteiger partial charge in [-0.2, -0.15) is 0 Å². The maximum Gasteiger partial charge on any atom is 0.146 e. The third-order valence-corrected chi connectivity index (χ3v) is 3.55. The molecule has 5 heteroatoms. The van der Waals surface area contributed by atoms with E-state index in [2.05, 4.69) is 20.9 Å². The van der Waals surface area contributed by atoms with Gasteiger partial charge in [0.15, 0.2) is 0 Å². The highest BCUT2D eigenvalue weighted by molar-refractivity contribution is 9.10. The Kier molecular flexibility index (Phi) is 3.95. The zero-order valence-electron chi connectivity index (χ0n) is 11.0. The van der Waals surface area contributed by atoms with Gasteiger partial charge in [-0.1, -0.05) is 0 Å². The molecule has 0 aliphatic heterocycles. The van der Waals surface area contributed by atoms with Crippen molar-refractivity contribution in [3.63, 3.8) is 0 Å². The third-order valence-electron chi connectivity index (χ3n) is 2.79. The number of pyridine rings is 1. The molecule has 0 unspecified atom stereocenters. The van der Waals surface area contributed by atoms with Crippen LogP contribution >= 0.6 is 15.9 Å². The van der Waals surface area contributed by atoms with E-state index in [9.17, 15) is 0 Å². The van der Waals surface area contributed by atoms with E-state index in [-0.39, 0.29) is 0 Å². The quantitative estimate of drug-likeness (QED) is 0.940. The van der Waals surface area contributed by atoms with Crippen LogP contribution in [0.3, 0.4) is 0 Å². The van der Waals surface area contributed by atoms with Gasteiger partial charge in [0.05, 0.1) is 25.6 Å². The van der Waals surface area contributed by atoms with Gasteiger partial charge in [0.2, 0.25) is 0 Å². The van der Waals surface area contributed by atoms with Crippen LogP contribution < -0.4 is 15.2 Å². The van der Waals surface area contributed by atoms with Crippen LogP contribution in [0.5, 0.6) is 11.5 Å². The molecule has 19 heavy (non-hydrogen) atoms. The Balaban J connectivity index is 2.65. The van der Waals surface area contributed by atoms with Gasteiger partial charge in [0, 0.05) is 11.8 Å². The second-order valence-electron chi connectivity index (χ2n) is 4.11. The summed E-state index contributed by atoms with van der Waals surface area (Å²) in [6.07, 6.45) is 1.78. The van der Waals surface area contributed by atoms with Crippen LogP contribution in [-0.2, 0) is 0 Å². The number of nitrogens with zero attached hydrogens (tertiary/aromatic N) is 1. The highest BCUT2D eigenvalue weighted by Gasteiger charge is 2.16. The fraction of sp³-hybridized carbons (Fsp3) is 0.214. The third kappa shape index (κ3) is 2.51. The summed E-state index contributed by atoms with van der Waals surface area (Å²) in [5.41, 5.74) is 9.20. The second-order valence-corrected chi connectivity index (χ2v) is 4.91. The van der Waals surface area contributed by atoms with Crippen molar-refractivity contribution in [2.45, 2.75) is 6.92 Å². The van der Waals surface area contributed by atoms with Gasteiger partial charge in [0.1, 0.15) is 16.0 Å². The summed E-state index contributed by atoms with van der Waals surface area (Å²) < 4.78 is 11.4. The zero-order chi connectivity index (χ0) is 14.0. The number of methoxy groups -OCH3 is 2. The molecule has 0 amide bonds. The Hall–Kier alpha value is -1.75. The first kappa shape index (κ1) is 13.7. The van der Waals surface area contributed by atoms with Crippen molar-refractivity contribution in [3.05, 3.63) is 34.4 Å². The average molecular weight is 323 g/mol. The van der Waals surface area contributed by atoms with E-state index in [4.69, 9.17) is 15.2 Å². The zero-order valence-corrected chi connectivity index (χ0v) is 12.6. The highest BCUT2D eigenvalue weighted by atomic mass is 79.9. The van der Waals surface area contributed by atoms with Crippen molar-refractivity contribution in [1.29, 1.82) is 0 Å². The molecule has 2 aromatic rings. The molecule has 0 spiro atoms. The number of aromatic nitrogens is 1. The van der Waals surface area contributed by atoms with Crippen LogP contribution in [0.2, 0.25) is 0 Å². The molecule has 1 heterocycles. The van der Waals surface area contributed by atoms with E-state index >= 15 is 0 Å². The van der Waals surface area contributed by atoms with Gasteiger partial charge in [-0.15, -0.1) is 0 Å². The van der Waals surface area contributed by atoms with E-state index in [1.807, 2.05) is 25.1 Å². The number of hydrogen-bond donors (Lipinski definition) is 1. The van der Waals surface area contributed by atoms with E-state index < -0.39 is 0 Å². The fourth-order valence-electron chi connectivity index (χ4n) is 1.90. The fourth-order valence-corrected chi connectivity index (χ4v) is 2.57. The van der Waals surface area contributed by atoms with Crippen LogP contribution in [0.1, 0.15) is 5.56 Å². The standard InChI is InChI=1S/C14H15BrN2O2/c1-8-6-10(16)13(17-7-8)9-4-5-11(18-2)12(15)14(9)19-3/h4-7H,16H2,1-3H3. The lowest BCUT2D eigenvalue weighted by atomic mass is 10.1. The van der Waals surface area contributed by atoms with E-state index in [0.29, 0.717) is 22.9 Å². The van der Waals surface area contributed by atoms with E-state index in [0.717, 1.165) is 15.6 Å². The maximum absolute atomic E-state index is 6.03. The number of halogens is 1. The molecule has 0 atom stereocenters. The minimum atomic E-state index is 0.621. The van der Waals surface area contributed by atoms with Crippen LogP contribution in [-0.4, -0.2) is 19.2 Å². The van der Waals surface area contributed by atoms with Crippen LogP contribution in [0.15, 0.2) is 28.9 Å². The molecule has 100 valence electrons. The molecule has 0 fully saturated rings. The lowest BCUT2D eigenvalue weighted by Crippen LogP contribution is -1.98. The largest absolute Gasteiger partial charge is 0.495 e. The molecule has 1 aromatic heterocycles. The van der Waals surface area contributed by atoms with Crippen LogP contribution in [0.4, 0.5) is 5.69 Å². The maximum atomic E-state index is 6.03. The molecule has 0 bridgehead atoms. The van der Waals surface area contributed by atoms with Gasteiger partial charge in [-0.05, 0) is 46.6 Å². The number of hydrogen-bond acceptors (Lipinski definition) is 4. The van der Waals surface area contributed by atoms with Crippen LogP contribution in [0.25, 0.3) is 11.3 Å². The van der Waals surface area contributed by atoms with Gasteiger partial charge in [-0.25, -0.2) is 0 Å². The average Bonchev–Trinajstić information content (AvgIpc) is 2.38. The molecule has 2 rings (SSSR count). The Morgan fingerprint density at radius 1 is 1.21 bits per heavy atom. The van der Waals surface area contributed by atoms with E-state index in [1.165, 1.54) is 0 Å². The molecule has 0 radical (unpaired) electrons. The molecule has 0 saturated carbocycles.